The maximum Gasteiger partial charge on any atom is 0.262 e. The van der Waals surface area contributed by atoms with Gasteiger partial charge in [0.05, 0.1) is 10.5 Å². The minimum Gasteiger partial charge on any atom is -0.352 e. The molecule has 1 aromatic rings. The highest BCUT2D eigenvalue weighted by molar-refractivity contribution is 7.89. The van der Waals surface area contributed by atoms with Crippen LogP contribution in [-0.2, 0) is 26.2 Å². The zero-order chi connectivity index (χ0) is 15.4. The Balaban J connectivity index is 2.74. The van der Waals surface area contributed by atoms with Gasteiger partial charge < -0.3 is 5.32 Å². The number of carbonyl (C=O) groups excluding carboxylic acids is 1. The monoisotopic (exact) mass is 300 g/mol. The van der Waals surface area contributed by atoms with Crippen molar-refractivity contribution in [1.29, 1.82) is 0 Å². The van der Waals surface area contributed by atoms with E-state index in [1.165, 1.54) is 19.1 Å². The first kappa shape index (κ1) is 16.6. The largest absolute Gasteiger partial charge is 0.352 e. The summed E-state index contributed by atoms with van der Waals surface area (Å²) in [7, 11) is -3.70. The van der Waals surface area contributed by atoms with Crippen molar-refractivity contribution >= 4 is 15.9 Å². The van der Waals surface area contributed by atoms with E-state index in [4.69, 9.17) is 4.84 Å². The average Bonchev–Trinajstić information content (AvgIpc) is 2.34. The van der Waals surface area contributed by atoms with E-state index in [0.717, 1.165) is 5.56 Å². The summed E-state index contributed by atoms with van der Waals surface area (Å²) in [4.78, 5) is 18.0. The molecule has 0 saturated heterocycles. The second kappa shape index (κ2) is 6.34. The molecule has 6 nitrogen and oxygen atoms in total. The molecule has 1 rings (SSSR count). The van der Waals surface area contributed by atoms with E-state index in [0.29, 0.717) is 6.54 Å². The number of nitrogens with one attached hydrogen (secondary N) is 2. The minimum absolute atomic E-state index is 0.105. The number of rotatable bonds is 5. The van der Waals surface area contributed by atoms with Gasteiger partial charge in [-0.2, -0.15) is 0 Å². The van der Waals surface area contributed by atoms with Gasteiger partial charge in [0.1, 0.15) is 0 Å². The molecule has 0 aliphatic carbocycles. The van der Waals surface area contributed by atoms with Crippen molar-refractivity contribution in [1.82, 2.24) is 10.2 Å². The molecular formula is C13H20N2O4S. The van der Waals surface area contributed by atoms with Gasteiger partial charge in [-0.15, -0.1) is 0 Å². The summed E-state index contributed by atoms with van der Waals surface area (Å²) in [6, 6.07) is 6.21. The molecule has 7 heteroatoms. The zero-order valence-electron chi connectivity index (χ0n) is 12.1. The molecule has 20 heavy (non-hydrogen) atoms. The predicted octanol–water partition coefficient (Wildman–Crippen LogP) is 1.33. The molecular weight excluding hydrogens is 280 g/mol. The Morgan fingerprint density at radius 2 is 1.75 bits per heavy atom. The first-order valence-electron chi connectivity index (χ1n) is 6.13. The number of carbonyl (C=O) groups is 1. The van der Waals surface area contributed by atoms with Crippen molar-refractivity contribution in [3.05, 3.63) is 29.8 Å². The Labute approximate surface area is 119 Å². The SMILES string of the molecule is CC(=O)NCc1ccc(S(=O)(=O)NOC(C)(C)C)cc1. The number of hydrogen-bond acceptors (Lipinski definition) is 4. The lowest BCUT2D eigenvalue weighted by Crippen LogP contribution is -2.33. The van der Waals surface area contributed by atoms with Gasteiger partial charge in [0.2, 0.25) is 5.91 Å². The van der Waals surface area contributed by atoms with Gasteiger partial charge in [-0.1, -0.05) is 17.0 Å². The highest BCUT2D eigenvalue weighted by Gasteiger charge is 2.19. The van der Waals surface area contributed by atoms with Crippen molar-refractivity contribution in [2.24, 2.45) is 0 Å². The molecule has 0 atom stereocenters. The lowest BCUT2D eigenvalue weighted by atomic mass is 10.2. The van der Waals surface area contributed by atoms with Crippen molar-refractivity contribution in [2.75, 3.05) is 0 Å². The molecule has 0 heterocycles. The molecule has 0 aliphatic rings. The minimum atomic E-state index is -3.70. The highest BCUT2D eigenvalue weighted by atomic mass is 32.2. The molecule has 0 bridgehead atoms. The van der Waals surface area contributed by atoms with Crippen LogP contribution in [0, 0.1) is 0 Å². The van der Waals surface area contributed by atoms with Crippen molar-refractivity contribution in [3.8, 4) is 0 Å². The van der Waals surface area contributed by atoms with E-state index in [2.05, 4.69) is 10.2 Å². The van der Waals surface area contributed by atoms with E-state index in [1.807, 2.05) is 0 Å². The molecule has 1 amide bonds. The summed E-state index contributed by atoms with van der Waals surface area (Å²) in [5.41, 5.74) is 0.203. The van der Waals surface area contributed by atoms with E-state index in [9.17, 15) is 13.2 Å². The van der Waals surface area contributed by atoms with Crippen LogP contribution in [0.1, 0.15) is 33.3 Å². The second-order valence-corrected chi connectivity index (χ2v) is 7.00. The van der Waals surface area contributed by atoms with Crippen LogP contribution in [0.5, 0.6) is 0 Å². The van der Waals surface area contributed by atoms with Gasteiger partial charge in [-0.3, -0.25) is 9.63 Å². The number of hydrogen-bond donors (Lipinski definition) is 2. The van der Waals surface area contributed by atoms with Gasteiger partial charge in [-0.25, -0.2) is 8.42 Å². The Kier molecular flexibility index (Phi) is 5.27. The normalized spacial score (nSPS) is 12.2. The van der Waals surface area contributed by atoms with Gasteiger partial charge in [-0.05, 0) is 38.5 Å². The van der Waals surface area contributed by atoms with Crippen molar-refractivity contribution in [3.63, 3.8) is 0 Å². The van der Waals surface area contributed by atoms with Crippen molar-refractivity contribution in [2.45, 2.75) is 44.7 Å². The standard InChI is InChI=1S/C13H20N2O4S/c1-10(16)14-9-11-5-7-12(8-6-11)20(17,18)15-19-13(2,3)4/h5-8,15H,9H2,1-4H3,(H,14,16). The maximum atomic E-state index is 12.0. The molecule has 0 aromatic heterocycles. The van der Waals surface area contributed by atoms with E-state index >= 15 is 0 Å². The molecule has 0 radical (unpaired) electrons. The van der Waals surface area contributed by atoms with E-state index < -0.39 is 15.6 Å². The fourth-order valence-electron chi connectivity index (χ4n) is 1.24. The first-order chi connectivity index (χ1) is 9.10. The molecule has 2 N–H and O–H groups in total. The van der Waals surface area contributed by atoms with Crippen LogP contribution in [0.15, 0.2) is 29.2 Å². The molecule has 0 aliphatic heterocycles. The van der Waals surface area contributed by atoms with Crippen molar-refractivity contribution < 1.29 is 18.0 Å². The fourth-order valence-corrected chi connectivity index (χ4v) is 2.19. The van der Waals surface area contributed by atoms with Crippen LogP contribution in [0.25, 0.3) is 0 Å². The van der Waals surface area contributed by atoms with Crippen LogP contribution in [0.2, 0.25) is 0 Å². The number of benzene rings is 1. The molecule has 0 fully saturated rings. The van der Waals surface area contributed by atoms with Crippen LogP contribution < -0.4 is 10.2 Å². The van der Waals surface area contributed by atoms with Gasteiger partial charge >= 0.3 is 0 Å². The molecule has 0 unspecified atom stereocenters. The van der Waals surface area contributed by atoms with Gasteiger partial charge in [0.15, 0.2) is 0 Å². The van der Waals surface area contributed by atoms with Gasteiger partial charge in [0.25, 0.3) is 10.0 Å². The van der Waals surface area contributed by atoms with Crippen LogP contribution in [0.3, 0.4) is 0 Å². The Morgan fingerprint density at radius 1 is 1.20 bits per heavy atom. The zero-order valence-corrected chi connectivity index (χ0v) is 12.9. The Bertz CT molecular complexity index is 559. The summed E-state index contributed by atoms with van der Waals surface area (Å²) >= 11 is 0. The van der Waals surface area contributed by atoms with Gasteiger partial charge in [0, 0.05) is 13.5 Å². The summed E-state index contributed by atoms with van der Waals surface area (Å²) in [5, 5.41) is 2.64. The number of sulfonamides is 1. The molecule has 112 valence electrons. The first-order valence-corrected chi connectivity index (χ1v) is 7.62. The van der Waals surface area contributed by atoms with E-state index in [-0.39, 0.29) is 10.8 Å². The molecule has 0 saturated carbocycles. The summed E-state index contributed by atoms with van der Waals surface area (Å²) in [5.74, 6) is -0.137. The predicted molar refractivity (Wildman–Crippen MR) is 75.1 cm³/mol. The molecule has 0 spiro atoms. The second-order valence-electron chi connectivity index (χ2n) is 5.35. The number of amides is 1. The topological polar surface area (TPSA) is 84.5 Å². The Hall–Kier alpha value is -1.44. The third-order valence-electron chi connectivity index (χ3n) is 2.23. The fraction of sp³-hybridized carbons (Fsp3) is 0.462. The Morgan fingerprint density at radius 3 is 2.20 bits per heavy atom. The van der Waals surface area contributed by atoms with Crippen LogP contribution in [0.4, 0.5) is 0 Å². The van der Waals surface area contributed by atoms with Crippen LogP contribution >= 0.6 is 0 Å². The quantitative estimate of drug-likeness (QED) is 0.804. The maximum absolute atomic E-state index is 12.0. The third kappa shape index (κ3) is 5.68. The third-order valence-corrected chi connectivity index (χ3v) is 3.43. The summed E-state index contributed by atoms with van der Waals surface area (Å²) in [6.45, 7) is 7.01. The summed E-state index contributed by atoms with van der Waals surface area (Å²) < 4.78 is 23.9. The van der Waals surface area contributed by atoms with Crippen LogP contribution in [-0.4, -0.2) is 19.9 Å². The smallest absolute Gasteiger partial charge is 0.262 e. The molecule has 1 aromatic carbocycles. The van der Waals surface area contributed by atoms with E-state index in [1.54, 1.807) is 32.9 Å². The average molecular weight is 300 g/mol. The summed E-state index contributed by atoms with van der Waals surface area (Å²) in [6.07, 6.45) is 0. The lowest BCUT2D eigenvalue weighted by molar-refractivity contribution is -0.119. The lowest BCUT2D eigenvalue weighted by Gasteiger charge is -2.19. The highest BCUT2D eigenvalue weighted by Crippen LogP contribution is 2.12.